The normalized spacial score (nSPS) is 18.0. The predicted molar refractivity (Wildman–Crippen MR) is 59.7 cm³/mol. The largest absolute Gasteiger partial charge is 0.494 e. The fourth-order valence-corrected chi connectivity index (χ4v) is 2.30. The Balaban J connectivity index is 2.09. The maximum atomic E-state index is 9.86. The van der Waals surface area contributed by atoms with Gasteiger partial charge < -0.3 is 9.84 Å². The smallest absolute Gasteiger partial charge is 0.197 e. The highest BCUT2D eigenvalue weighted by molar-refractivity contribution is 5.49. The second-order valence-electron chi connectivity index (χ2n) is 4.15. The Kier molecular flexibility index (Phi) is 2.29. The van der Waals surface area contributed by atoms with E-state index in [1.54, 1.807) is 6.07 Å². The quantitative estimate of drug-likeness (QED) is 0.795. The first-order valence-electron chi connectivity index (χ1n) is 5.59. The molecule has 1 saturated heterocycles. The molecule has 0 aromatic carbocycles. The summed E-state index contributed by atoms with van der Waals surface area (Å²) in [6.07, 6.45) is 3.77. The molecule has 0 saturated carbocycles. The fourth-order valence-electron chi connectivity index (χ4n) is 2.30. The Hall–Kier alpha value is -1.55. The summed E-state index contributed by atoms with van der Waals surface area (Å²) >= 11 is 0. The van der Waals surface area contributed by atoms with Crippen LogP contribution < -0.4 is 0 Å². The van der Waals surface area contributed by atoms with Gasteiger partial charge in [0.25, 0.3) is 0 Å². The van der Waals surface area contributed by atoms with Crippen molar-refractivity contribution < 1.29 is 9.84 Å². The van der Waals surface area contributed by atoms with E-state index in [4.69, 9.17) is 4.74 Å². The lowest BCUT2D eigenvalue weighted by atomic mass is 9.99. The van der Waals surface area contributed by atoms with Crippen LogP contribution in [0, 0.1) is 0 Å². The van der Waals surface area contributed by atoms with Crippen LogP contribution in [-0.2, 0) is 4.74 Å². The van der Waals surface area contributed by atoms with Crippen molar-refractivity contribution in [2.45, 2.75) is 18.8 Å². The van der Waals surface area contributed by atoms with Crippen molar-refractivity contribution in [3.8, 4) is 5.88 Å². The van der Waals surface area contributed by atoms with E-state index in [1.165, 1.54) is 0 Å². The van der Waals surface area contributed by atoms with E-state index < -0.39 is 0 Å². The average molecular weight is 218 g/mol. The number of pyridine rings is 1. The Morgan fingerprint density at radius 1 is 1.31 bits per heavy atom. The molecule has 1 aliphatic rings. The van der Waals surface area contributed by atoms with Crippen LogP contribution >= 0.6 is 0 Å². The lowest BCUT2D eigenvalue weighted by Gasteiger charge is -2.21. The topological polar surface area (TPSA) is 46.8 Å². The molecule has 3 rings (SSSR count). The van der Waals surface area contributed by atoms with Gasteiger partial charge in [-0.3, -0.25) is 4.40 Å². The SMILES string of the molecule is Oc1cccc2cnc(C3CCOCC3)n12. The Morgan fingerprint density at radius 2 is 2.12 bits per heavy atom. The van der Waals surface area contributed by atoms with Gasteiger partial charge in [0.1, 0.15) is 5.82 Å². The molecule has 2 aromatic heterocycles. The minimum atomic E-state index is 0.261. The molecule has 1 N–H and O–H groups in total. The first-order chi connectivity index (χ1) is 7.86. The van der Waals surface area contributed by atoms with E-state index in [2.05, 4.69) is 4.98 Å². The standard InChI is InChI=1S/C12H14N2O2/c15-11-3-1-2-10-8-13-12(14(10)11)9-4-6-16-7-5-9/h1-3,8-9,15H,4-7H2. The van der Waals surface area contributed by atoms with Crippen LogP contribution in [-0.4, -0.2) is 27.7 Å². The monoisotopic (exact) mass is 218 g/mol. The summed E-state index contributed by atoms with van der Waals surface area (Å²) in [5.74, 6) is 1.61. The molecule has 0 radical (unpaired) electrons. The zero-order chi connectivity index (χ0) is 11.0. The van der Waals surface area contributed by atoms with E-state index in [1.807, 2.05) is 22.7 Å². The number of aromatic nitrogens is 2. The zero-order valence-electron chi connectivity index (χ0n) is 8.97. The number of fused-ring (bicyclic) bond motifs is 1. The molecule has 4 nitrogen and oxygen atoms in total. The molecule has 84 valence electrons. The van der Waals surface area contributed by atoms with E-state index in [0.29, 0.717) is 5.92 Å². The maximum absolute atomic E-state index is 9.86. The van der Waals surface area contributed by atoms with E-state index in [-0.39, 0.29) is 5.88 Å². The molecule has 1 aliphatic heterocycles. The fraction of sp³-hybridized carbons (Fsp3) is 0.417. The molecule has 1 fully saturated rings. The molecule has 0 bridgehead atoms. The van der Waals surface area contributed by atoms with Gasteiger partial charge >= 0.3 is 0 Å². The lowest BCUT2D eigenvalue weighted by Crippen LogP contribution is -2.16. The molecule has 0 atom stereocenters. The summed E-state index contributed by atoms with van der Waals surface area (Å²) in [7, 11) is 0. The highest BCUT2D eigenvalue weighted by Gasteiger charge is 2.21. The van der Waals surface area contributed by atoms with Gasteiger partial charge in [0.05, 0.1) is 11.7 Å². The van der Waals surface area contributed by atoms with E-state index in [0.717, 1.165) is 37.4 Å². The summed E-state index contributed by atoms with van der Waals surface area (Å²) in [4.78, 5) is 4.43. The van der Waals surface area contributed by atoms with Crippen LogP contribution in [0.25, 0.3) is 5.52 Å². The Bertz CT molecular complexity index is 501. The number of hydrogen-bond acceptors (Lipinski definition) is 3. The molecule has 0 unspecified atom stereocenters. The minimum absolute atomic E-state index is 0.261. The minimum Gasteiger partial charge on any atom is -0.494 e. The average Bonchev–Trinajstić information content (AvgIpc) is 2.75. The third-order valence-corrected chi connectivity index (χ3v) is 3.14. The summed E-state index contributed by atoms with van der Waals surface area (Å²) in [6, 6.07) is 5.48. The lowest BCUT2D eigenvalue weighted by molar-refractivity contribution is 0.0833. The van der Waals surface area contributed by atoms with Gasteiger partial charge in [0.15, 0.2) is 5.88 Å². The predicted octanol–water partition coefficient (Wildman–Crippen LogP) is 1.93. The first kappa shape index (κ1) is 9.66. The number of hydrogen-bond donors (Lipinski definition) is 1. The van der Waals surface area contributed by atoms with Crippen molar-refractivity contribution in [2.24, 2.45) is 0 Å². The Morgan fingerprint density at radius 3 is 2.94 bits per heavy atom. The Labute approximate surface area is 93.5 Å². The molecular weight excluding hydrogens is 204 g/mol. The van der Waals surface area contributed by atoms with Crippen LogP contribution in [0.1, 0.15) is 24.6 Å². The molecule has 2 aromatic rings. The van der Waals surface area contributed by atoms with E-state index in [9.17, 15) is 5.11 Å². The number of aromatic hydroxyl groups is 1. The molecule has 4 heteroatoms. The van der Waals surface area contributed by atoms with Crippen molar-refractivity contribution in [2.75, 3.05) is 13.2 Å². The third-order valence-electron chi connectivity index (χ3n) is 3.14. The van der Waals surface area contributed by atoms with Gasteiger partial charge in [-0.2, -0.15) is 0 Å². The summed E-state index contributed by atoms with van der Waals surface area (Å²) in [5.41, 5.74) is 0.946. The second kappa shape index (κ2) is 3.79. The van der Waals surface area contributed by atoms with Crippen LogP contribution in [0.15, 0.2) is 24.4 Å². The molecule has 0 amide bonds. The number of ether oxygens (including phenoxy) is 1. The molecular formula is C12H14N2O2. The van der Waals surface area contributed by atoms with Gasteiger partial charge in [-0.05, 0) is 25.0 Å². The van der Waals surface area contributed by atoms with Gasteiger partial charge in [0.2, 0.25) is 0 Å². The van der Waals surface area contributed by atoms with Gasteiger partial charge in [0, 0.05) is 19.1 Å². The third kappa shape index (κ3) is 1.46. The van der Waals surface area contributed by atoms with Crippen LogP contribution in [0.4, 0.5) is 0 Å². The van der Waals surface area contributed by atoms with Gasteiger partial charge in [-0.15, -0.1) is 0 Å². The molecule has 0 aliphatic carbocycles. The first-order valence-corrected chi connectivity index (χ1v) is 5.59. The summed E-state index contributed by atoms with van der Waals surface area (Å²) < 4.78 is 7.17. The summed E-state index contributed by atoms with van der Waals surface area (Å²) in [6.45, 7) is 1.57. The van der Waals surface area contributed by atoms with Crippen molar-refractivity contribution in [1.29, 1.82) is 0 Å². The van der Waals surface area contributed by atoms with Gasteiger partial charge in [-0.25, -0.2) is 4.98 Å². The van der Waals surface area contributed by atoms with Crippen molar-refractivity contribution >= 4 is 5.52 Å². The van der Waals surface area contributed by atoms with Gasteiger partial charge in [-0.1, -0.05) is 6.07 Å². The highest BCUT2D eigenvalue weighted by Crippen LogP contribution is 2.28. The zero-order valence-corrected chi connectivity index (χ0v) is 8.97. The van der Waals surface area contributed by atoms with Crippen LogP contribution in [0.2, 0.25) is 0 Å². The number of nitrogens with zero attached hydrogens (tertiary/aromatic N) is 2. The highest BCUT2D eigenvalue weighted by atomic mass is 16.5. The maximum Gasteiger partial charge on any atom is 0.197 e. The van der Waals surface area contributed by atoms with Crippen LogP contribution in [0.5, 0.6) is 5.88 Å². The van der Waals surface area contributed by atoms with Crippen molar-refractivity contribution in [3.63, 3.8) is 0 Å². The molecule has 16 heavy (non-hydrogen) atoms. The number of imidazole rings is 1. The molecule has 0 spiro atoms. The molecule has 3 heterocycles. The van der Waals surface area contributed by atoms with Crippen molar-refractivity contribution in [1.82, 2.24) is 9.38 Å². The number of rotatable bonds is 1. The van der Waals surface area contributed by atoms with Crippen molar-refractivity contribution in [3.05, 3.63) is 30.2 Å². The summed E-state index contributed by atoms with van der Waals surface area (Å²) in [5, 5.41) is 9.86. The second-order valence-corrected chi connectivity index (χ2v) is 4.15. The van der Waals surface area contributed by atoms with E-state index >= 15 is 0 Å². The van der Waals surface area contributed by atoms with Crippen LogP contribution in [0.3, 0.4) is 0 Å².